The van der Waals surface area contributed by atoms with Gasteiger partial charge in [0, 0.05) is 11.3 Å². The van der Waals surface area contributed by atoms with Crippen molar-refractivity contribution in [1.29, 1.82) is 0 Å². The zero-order valence-corrected chi connectivity index (χ0v) is 14.9. The molecule has 0 fully saturated rings. The average molecular weight is 357 g/mol. The Hall–Kier alpha value is -2.67. The zero-order chi connectivity index (χ0) is 17.6. The number of ether oxygens (including phenoxy) is 2. The fraction of sp³-hybridized carbons (Fsp3) is 0.222. The minimum absolute atomic E-state index is 0.219. The molecule has 130 valence electrons. The summed E-state index contributed by atoms with van der Waals surface area (Å²) in [6.07, 6.45) is 0. The zero-order valence-electron chi connectivity index (χ0n) is 14.1. The Bertz CT molecular complexity index is 890. The van der Waals surface area contributed by atoms with Gasteiger partial charge in [-0.15, -0.1) is 5.10 Å². The Morgan fingerprint density at radius 3 is 2.64 bits per heavy atom. The van der Waals surface area contributed by atoms with E-state index in [1.54, 1.807) is 18.8 Å². The van der Waals surface area contributed by atoms with Crippen LogP contribution in [0.3, 0.4) is 0 Å². The second kappa shape index (κ2) is 7.94. The van der Waals surface area contributed by atoms with Crippen molar-refractivity contribution in [2.75, 3.05) is 14.2 Å². The molecule has 25 heavy (non-hydrogen) atoms. The summed E-state index contributed by atoms with van der Waals surface area (Å²) in [5.41, 5.74) is 1.81. The third kappa shape index (κ3) is 4.06. The van der Waals surface area contributed by atoms with Gasteiger partial charge in [-0.25, -0.2) is 9.89 Å². The van der Waals surface area contributed by atoms with E-state index in [-0.39, 0.29) is 5.69 Å². The van der Waals surface area contributed by atoms with Gasteiger partial charge in [0.05, 0.1) is 20.8 Å². The van der Waals surface area contributed by atoms with Crippen LogP contribution >= 0.6 is 11.8 Å². The highest BCUT2D eigenvalue weighted by atomic mass is 32.2. The summed E-state index contributed by atoms with van der Waals surface area (Å²) in [6.45, 7) is 0.480. The van der Waals surface area contributed by atoms with E-state index in [1.165, 1.54) is 11.8 Å². The van der Waals surface area contributed by atoms with E-state index in [0.717, 1.165) is 22.6 Å². The molecular formula is C18H19N3O3S. The number of methoxy groups -OCH3 is 2. The number of hydrogen-bond acceptors (Lipinski definition) is 5. The van der Waals surface area contributed by atoms with Crippen molar-refractivity contribution in [3.63, 3.8) is 0 Å². The molecule has 0 saturated heterocycles. The van der Waals surface area contributed by atoms with Crippen LogP contribution in [0, 0.1) is 0 Å². The maximum atomic E-state index is 12.1. The highest BCUT2D eigenvalue weighted by Crippen LogP contribution is 2.29. The summed E-state index contributed by atoms with van der Waals surface area (Å²) < 4.78 is 12.3. The van der Waals surface area contributed by atoms with Crippen LogP contribution in [0.2, 0.25) is 0 Å². The van der Waals surface area contributed by atoms with Gasteiger partial charge in [-0.3, -0.25) is 4.57 Å². The van der Waals surface area contributed by atoms with Crippen LogP contribution in [-0.2, 0) is 12.3 Å². The minimum Gasteiger partial charge on any atom is -0.497 e. The lowest BCUT2D eigenvalue weighted by molar-refractivity contribution is 0.400. The van der Waals surface area contributed by atoms with Gasteiger partial charge < -0.3 is 9.47 Å². The SMILES string of the molecule is COc1ccc(OC)c(CSc2n[nH]c(=O)n2Cc2ccccc2)c1. The van der Waals surface area contributed by atoms with Gasteiger partial charge in [0.15, 0.2) is 5.16 Å². The van der Waals surface area contributed by atoms with Gasteiger partial charge in [0.1, 0.15) is 11.5 Å². The number of nitrogens with one attached hydrogen (secondary N) is 1. The van der Waals surface area contributed by atoms with Gasteiger partial charge in [-0.05, 0) is 23.8 Å². The molecule has 6 nitrogen and oxygen atoms in total. The second-order valence-corrected chi connectivity index (χ2v) is 6.29. The summed E-state index contributed by atoms with van der Waals surface area (Å²) in [5, 5.41) is 7.30. The molecule has 0 spiro atoms. The smallest absolute Gasteiger partial charge is 0.344 e. The molecule has 0 aliphatic heterocycles. The van der Waals surface area contributed by atoms with E-state index in [2.05, 4.69) is 10.2 Å². The number of hydrogen-bond donors (Lipinski definition) is 1. The van der Waals surface area contributed by atoms with Gasteiger partial charge >= 0.3 is 5.69 Å². The van der Waals surface area contributed by atoms with Crippen molar-refractivity contribution >= 4 is 11.8 Å². The van der Waals surface area contributed by atoms with E-state index in [4.69, 9.17) is 9.47 Å². The number of thioether (sulfide) groups is 1. The van der Waals surface area contributed by atoms with Crippen molar-refractivity contribution in [3.05, 3.63) is 70.1 Å². The molecule has 2 aromatic carbocycles. The first-order valence-electron chi connectivity index (χ1n) is 7.74. The first-order valence-corrected chi connectivity index (χ1v) is 8.72. The van der Waals surface area contributed by atoms with Crippen molar-refractivity contribution in [3.8, 4) is 11.5 Å². The monoisotopic (exact) mass is 357 g/mol. The first kappa shape index (κ1) is 17.2. The maximum absolute atomic E-state index is 12.1. The molecule has 0 radical (unpaired) electrons. The van der Waals surface area contributed by atoms with Crippen LogP contribution in [-0.4, -0.2) is 29.0 Å². The normalized spacial score (nSPS) is 10.6. The lowest BCUT2D eigenvalue weighted by atomic mass is 10.2. The fourth-order valence-electron chi connectivity index (χ4n) is 2.46. The predicted molar refractivity (Wildman–Crippen MR) is 97.5 cm³/mol. The van der Waals surface area contributed by atoms with Crippen LogP contribution in [0.15, 0.2) is 58.5 Å². The Labute approximate surface area is 149 Å². The lowest BCUT2D eigenvalue weighted by Crippen LogP contribution is -2.18. The topological polar surface area (TPSA) is 69.1 Å². The quantitative estimate of drug-likeness (QED) is 0.659. The molecule has 1 aromatic heterocycles. The van der Waals surface area contributed by atoms with E-state index < -0.39 is 0 Å². The molecule has 7 heteroatoms. The van der Waals surface area contributed by atoms with Crippen LogP contribution in [0.1, 0.15) is 11.1 Å². The number of H-pyrrole nitrogens is 1. The summed E-state index contributed by atoms with van der Waals surface area (Å²) in [5.74, 6) is 2.15. The molecule has 0 bridgehead atoms. The third-order valence-electron chi connectivity index (χ3n) is 3.75. The van der Waals surface area contributed by atoms with Crippen molar-refractivity contribution in [2.45, 2.75) is 17.5 Å². The van der Waals surface area contributed by atoms with E-state index in [9.17, 15) is 4.79 Å². The lowest BCUT2D eigenvalue weighted by Gasteiger charge is -2.10. The number of nitrogens with zero attached hydrogens (tertiary/aromatic N) is 2. The highest BCUT2D eigenvalue weighted by Gasteiger charge is 2.12. The summed E-state index contributed by atoms with van der Waals surface area (Å²) in [6, 6.07) is 15.5. The largest absolute Gasteiger partial charge is 0.497 e. The average Bonchev–Trinajstić information content (AvgIpc) is 3.00. The Kier molecular flexibility index (Phi) is 5.45. The summed E-state index contributed by atoms with van der Waals surface area (Å²) >= 11 is 1.47. The van der Waals surface area contributed by atoms with Gasteiger partial charge in [0.2, 0.25) is 0 Å². The van der Waals surface area contributed by atoms with Gasteiger partial charge in [0.25, 0.3) is 0 Å². The van der Waals surface area contributed by atoms with E-state index >= 15 is 0 Å². The predicted octanol–water partition coefficient (Wildman–Crippen LogP) is 2.93. The molecule has 3 aromatic rings. The number of aromatic amines is 1. The minimum atomic E-state index is -0.219. The van der Waals surface area contributed by atoms with E-state index in [0.29, 0.717) is 17.5 Å². The Morgan fingerprint density at radius 1 is 1.12 bits per heavy atom. The number of benzene rings is 2. The number of aromatic nitrogens is 3. The van der Waals surface area contributed by atoms with Gasteiger partial charge in [-0.2, -0.15) is 0 Å². The summed E-state index contributed by atoms with van der Waals surface area (Å²) in [4.78, 5) is 12.1. The molecule has 3 rings (SSSR count). The standard InChI is InChI=1S/C18H19N3O3S/c1-23-15-8-9-16(24-2)14(10-15)12-25-18-20-19-17(22)21(18)11-13-6-4-3-5-7-13/h3-10H,11-12H2,1-2H3,(H,19,22). The molecule has 0 saturated carbocycles. The fourth-order valence-corrected chi connectivity index (χ4v) is 3.38. The van der Waals surface area contributed by atoms with Crippen LogP contribution in [0.4, 0.5) is 0 Å². The highest BCUT2D eigenvalue weighted by molar-refractivity contribution is 7.98. The van der Waals surface area contributed by atoms with Crippen LogP contribution in [0.25, 0.3) is 0 Å². The van der Waals surface area contributed by atoms with Crippen molar-refractivity contribution in [1.82, 2.24) is 14.8 Å². The van der Waals surface area contributed by atoms with Crippen molar-refractivity contribution in [2.24, 2.45) is 0 Å². The Balaban J connectivity index is 1.79. The van der Waals surface area contributed by atoms with Gasteiger partial charge in [-0.1, -0.05) is 42.1 Å². The molecule has 0 unspecified atom stereocenters. The van der Waals surface area contributed by atoms with Crippen molar-refractivity contribution < 1.29 is 9.47 Å². The molecule has 0 amide bonds. The molecule has 1 heterocycles. The number of rotatable bonds is 7. The molecular weight excluding hydrogens is 338 g/mol. The molecule has 0 aliphatic carbocycles. The van der Waals surface area contributed by atoms with E-state index in [1.807, 2.05) is 48.5 Å². The summed E-state index contributed by atoms with van der Waals surface area (Å²) in [7, 11) is 3.26. The molecule has 0 aliphatic rings. The maximum Gasteiger partial charge on any atom is 0.344 e. The second-order valence-electron chi connectivity index (χ2n) is 5.35. The molecule has 1 N–H and O–H groups in total. The van der Waals surface area contributed by atoms with Crippen LogP contribution in [0.5, 0.6) is 11.5 Å². The Morgan fingerprint density at radius 2 is 1.92 bits per heavy atom. The van der Waals surface area contributed by atoms with Crippen LogP contribution < -0.4 is 15.2 Å². The first-order chi connectivity index (χ1) is 12.2. The third-order valence-corrected chi connectivity index (χ3v) is 4.78. The molecule has 0 atom stereocenters.